The van der Waals surface area contributed by atoms with Crippen LogP contribution in [0.4, 0.5) is 5.13 Å². The summed E-state index contributed by atoms with van der Waals surface area (Å²) in [6.45, 7) is 4.33. The molecule has 1 saturated heterocycles. The Kier molecular flexibility index (Phi) is 5.00. The van der Waals surface area contributed by atoms with E-state index in [9.17, 15) is 13.2 Å². The molecule has 0 bridgehead atoms. The van der Waals surface area contributed by atoms with Gasteiger partial charge < -0.3 is 5.32 Å². The van der Waals surface area contributed by atoms with Gasteiger partial charge in [-0.2, -0.15) is 4.31 Å². The SMILES string of the molecule is Cc1ccc(S(=O)(=O)N2CCC[C@@H](C(=O)Nc3nnc(C)s3)C2)s1. The Bertz CT molecular complexity index is 843. The number of nitrogens with zero attached hydrogens (tertiary/aromatic N) is 3. The van der Waals surface area contributed by atoms with Gasteiger partial charge in [-0.25, -0.2) is 8.42 Å². The lowest BCUT2D eigenvalue weighted by Crippen LogP contribution is -2.43. The maximum absolute atomic E-state index is 12.7. The minimum atomic E-state index is -3.53. The Balaban J connectivity index is 1.71. The number of nitrogens with one attached hydrogen (secondary N) is 1. The molecular formula is C14H18N4O3S3. The fourth-order valence-corrected chi connectivity index (χ4v) is 6.16. The van der Waals surface area contributed by atoms with Crippen LogP contribution in [0.1, 0.15) is 22.7 Å². The number of aryl methyl sites for hydroxylation is 2. The van der Waals surface area contributed by atoms with Crippen LogP contribution in [0.2, 0.25) is 0 Å². The van der Waals surface area contributed by atoms with Crippen molar-refractivity contribution in [3.63, 3.8) is 0 Å². The molecule has 2 aromatic heterocycles. The fraction of sp³-hybridized carbons (Fsp3) is 0.500. The quantitative estimate of drug-likeness (QED) is 0.870. The highest BCUT2D eigenvalue weighted by atomic mass is 32.2. The first-order valence-corrected chi connectivity index (χ1v) is 10.6. The van der Waals surface area contributed by atoms with Gasteiger partial charge in [-0.3, -0.25) is 4.79 Å². The molecule has 3 heterocycles. The second-order valence-electron chi connectivity index (χ2n) is 5.68. The lowest BCUT2D eigenvalue weighted by atomic mass is 9.99. The van der Waals surface area contributed by atoms with Gasteiger partial charge in [0.15, 0.2) is 0 Å². The van der Waals surface area contributed by atoms with E-state index in [2.05, 4.69) is 15.5 Å². The third kappa shape index (κ3) is 3.66. The van der Waals surface area contributed by atoms with E-state index in [1.807, 2.05) is 13.8 Å². The highest BCUT2D eigenvalue weighted by Gasteiger charge is 2.34. The molecule has 1 aliphatic rings. The number of hydrogen-bond donors (Lipinski definition) is 1. The summed E-state index contributed by atoms with van der Waals surface area (Å²) in [7, 11) is -3.53. The van der Waals surface area contributed by atoms with E-state index in [1.165, 1.54) is 27.0 Å². The molecule has 1 amide bonds. The number of hydrogen-bond acceptors (Lipinski definition) is 7. The van der Waals surface area contributed by atoms with Crippen molar-refractivity contribution in [3.8, 4) is 0 Å². The molecule has 10 heteroatoms. The lowest BCUT2D eigenvalue weighted by Gasteiger charge is -2.30. The largest absolute Gasteiger partial charge is 0.300 e. The number of thiophene rings is 1. The summed E-state index contributed by atoms with van der Waals surface area (Å²) in [6.07, 6.45) is 1.33. The Morgan fingerprint density at radius 3 is 2.71 bits per heavy atom. The van der Waals surface area contributed by atoms with Crippen LogP contribution < -0.4 is 5.32 Å². The first-order chi connectivity index (χ1) is 11.4. The Labute approximate surface area is 148 Å². The normalized spacial score (nSPS) is 19.3. The van der Waals surface area contributed by atoms with Gasteiger partial charge in [0, 0.05) is 18.0 Å². The first kappa shape index (κ1) is 17.5. The topological polar surface area (TPSA) is 92.3 Å². The smallest absolute Gasteiger partial charge is 0.252 e. The first-order valence-electron chi connectivity index (χ1n) is 7.54. The van der Waals surface area contributed by atoms with E-state index >= 15 is 0 Å². The molecule has 130 valence electrons. The lowest BCUT2D eigenvalue weighted by molar-refractivity contribution is -0.120. The predicted molar refractivity (Wildman–Crippen MR) is 93.8 cm³/mol. The number of sulfonamides is 1. The van der Waals surface area contributed by atoms with Gasteiger partial charge in [0.05, 0.1) is 5.92 Å². The molecule has 0 spiro atoms. The molecule has 7 nitrogen and oxygen atoms in total. The van der Waals surface area contributed by atoms with Crippen LogP contribution in [0.5, 0.6) is 0 Å². The second-order valence-corrected chi connectivity index (χ2v) is 10.3. The molecule has 0 unspecified atom stereocenters. The van der Waals surface area contributed by atoms with Crippen LogP contribution >= 0.6 is 22.7 Å². The Hall–Kier alpha value is -1.36. The predicted octanol–water partition coefficient (Wildman–Crippen LogP) is 2.26. The zero-order valence-corrected chi connectivity index (χ0v) is 15.8. The van der Waals surface area contributed by atoms with Gasteiger partial charge in [-0.05, 0) is 38.8 Å². The average molecular weight is 387 g/mol. The van der Waals surface area contributed by atoms with Crippen molar-refractivity contribution in [3.05, 3.63) is 22.0 Å². The highest BCUT2D eigenvalue weighted by Crippen LogP contribution is 2.28. The van der Waals surface area contributed by atoms with Crippen LogP contribution in [0.15, 0.2) is 16.3 Å². The summed E-state index contributed by atoms with van der Waals surface area (Å²) < 4.78 is 27.2. The molecule has 1 atom stereocenters. The van der Waals surface area contributed by atoms with Crippen molar-refractivity contribution >= 4 is 43.7 Å². The highest BCUT2D eigenvalue weighted by molar-refractivity contribution is 7.91. The molecule has 0 aromatic carbocycles. The zero-order valence-electron chi connectivity index (χ0n) is 13.4. The fourth-order valence-electron chi connectivity index (χ4n) is 2.61. The van der Waals surface area contributed by atoms with Crippen molar-refractivity contribution in [2.24, 2.45) is 5.92 Å². The zero-order chi connectivity index (χ0) is 17.3. The number of amides is 1. The monoisotopic (exact) mass is 386 g/mol. The van der Waals surface area contributed by atoms with Crippen LogP contribution in [0, 0.1) is 19.8 Å². The molecule has 2 aromatic rings. The number of carbonyl (C=O) groups excluding carboxylic acids is 1. The van der Waals surface area contributed by atoms with Gasteiger partial charge >= 0.3 is 0 Å². The van der Waals surface area contributed by atoms with Crippen LogP contribution in [0.25, 0.3) is 0 Å². The number of carbonyl (C=O) groups is 1. The van der Waals surface area contributed by atoms with E-state index < -0.39 is 10.0 Å². The summed E-state index contributed by atoms with van der Waals surface area (Å²) >= 11 is 2.56. The van der Waals surface area contributed by atoms with E-state index in [0.717, 1.165) is 9.88 Å². The van der Waals surface area contributed by atoms with Gasteiger partial charge in [0.25, 0.3) is 10.0 Å². The van der Waals surface area contributed by atoms with Crippen molar-refractivity contribution in [2.45, 2.75) is 30.9 Å². The van der Waals surface area contributed by atoms with Gasteiger partial charge in [0.2, 0.25) is 11.0 Å². The summed E-state index contributed by atoms with van der Waals surface area (Å²) in [4.78, 5) is 13.3. The average Bonchev–Trinajstić information content (AvgIpc) is 3.16. The Morgan fingerprint density at radius 1 is 1.29 bits per heavy atom. The third-order valence-electron chi connectivity index (χ3n) is 3.82. The van der Waals surface area contributed by atoms with Crippen LogP contribution in [-0.2, 0) is 14.8 Å². The summed E-state index contributed by atoms with van der Waals surface area (Å²) in [5.41, 5.74) is 0. The molecule has 3 rings (SSSR count). The molecular weight excluding hydrogens is 368 g/mol. The number of piperidine rings is 1. The molecule has 1 fully saturated rings. The molecule has 24 heavy (non-hydrogen) atoms. The van der Waals surface area contributed by atoms with Crippen molar-refractivity contribution in [1.29, 1.82) is 0 Å². The van der Waals surface area contributed by atoms with Crippen molar-refractivity contribution in [1.82, 2.24) is 14.5 Å². The Morgan fingerprint density at radius 2 is 2.08 bits per heavy atom. The third-order valence-corrected chi connectivity index (χ3v) is 7.91. The number of rotatable bonds is 4. The van der Waals surface area contributed by atoms with Gasteiger partial charge in [-0.1, -0.05) is 11.3 Å². The summed E-state index contributed by atoms with van der Waals surface area (Å²) in [5.74, 6) is -0.577. The number of aromatic nitrogens is 2. The van der Waals surface area contributed by atoms with E-state index in [-0.39, 0.29) is 18.4 Å². The molecule has 0 aliphatic carbocycles. The molecule has 0 saturated carbocycles. The molecule has 1 N–H and O–H groups in total. The van der Waals surface area contributed by atoms with Crippen molar-refractivity contribution in [2.75, 3.05) is 18.4 Å². The summed E-state index contributed by atoms with van der Waals surface area (Å²) in [6, 6.07) is 3.42. The van der Waals surface area contributed by atoms with Crippen molar-refractivity contribution < 1.29 is 13.2 Å². The standard InChI is InChI=1S/C14H18N4O3S3/c1-9-5-6-12(22-9)24(20,21)18-7-3-4-11(8-18)13(19)15-14-17-16-10(2)23-14/h5-6,11H,3-4,7-8H2,1-2H3,(H,15,17,19)/t11-/m1/s1. The van der Waals surface area contributed by atoms with E-state index in [1.54, 1.807) is 12.1 Å². The van der Waals surface area contributed by atoms with Gasteiger partial charge in [0.1, 0.15) is 9.22 Å². The summed E-state index contributed by atoms with van der Waals surface area (Å²) in [5, 5.41) is 11.7. The van der Waals surface area contributed by atoms with Crippen LogP contribution in [-0.4, -0.2) is 41.9 Å². The van der Waals surface area contributed by atoms with Gasteiger partial charge in [-0.15, -0.1) is 21.5 Å². The maximum Gasteiger partial charge on any atom is 0.252 e. The molecule has 1 aliphatic heterocycles. The minimum Gasteiger partial charge on any atom is -0.300 e. The number of anilines is 1. The van der Waals surface area contributed by atoms with Crippen LogP contribution in [0.3, 0.4) is 0 Å². The second kappa shape index (κ2) is 6.87. The van der Waals surface area contributed by atoms with E-state index in [0.29, 0.717) is 28.7 Å². The van der Waals surface area contributed by atoms with E-state index in [4.69, 9.17) is 0 Å². The maximum atomic E-state index is 12.7. The minimum absolute atomic E-state index is 0.197. The molecule has 0 radical (unpaired) electrons.